The lowest BCUT2D eigenvalue weighted by molar-refractivity contribution is 0.100. The van der Waals surface area contributed by atoms with Gasteiger partial charge in [0.15, 0.2) is 0 Å². The number of nitrogens with zero attached hydrogens (tertiary/aromatic N) is 1. The minimum Gasteiger partial charge on any atom is -0.497 e. The zero-order valence-corrected chi connectivity index (χ0v) is 14.5. The normalized spacial score (nSPS) is 17.2. The number of ether oxygens (including phenoxy) is 1. The van der Waals surface area contributed by atoms with Gasteiger partial charge < -0.3 is 4.74 Å². The lowest BCUT2D eigenvalue weighted by atomic mass is 10.1. The predicted octanol–water partition coefficient (Wildman–Crippen LogP) is 3.11. The number of Topliss-reactive ketones (excluding diaryl/α,β-unsaturated/α-hetero) is 1. The van der Waals surface area contributed by atoms with Gasteiger partial charge in [0.2, 0.25) is 5.78 Å². The van der Waals surface area contributed by atoms with Gasteiger partial charge in [0.1, 0.15) is 11.4 Å². The number of methoxy groups -OCH3 is 1. The summed E-state index contributed by atoms with van der Waals surface area (Å²) in [6.07, 6.45) is 3.03. The zero-order valence-electron chi connectivity index (χ0n) is 13.7. The molecular formula is C19H17NO4S. The number of carbonyl (C=O) groups excluding carboxylic acids is 1. The molecule has 2 aromatic carbocycles. The number of hydrogen-bond acceptors (Lipinski definition) is 4. The molecule has 0 saturated heterocycles. The van der Waals surface area contributed by atoms with E-state index in [-0.39, 0.29) is 28.5 Å². The lowest BCUT2D eigenvalue weighted by Crippen LogP contribution is -2.39. The van der Waals surface area contributed by atoms with Crippen molar-refractivity contribution >= 4 is 21.9 Å². The van der Waals surface area contributed by atoms with Gasteiger partial charge in [0.25, 0.3) is 10.0 Å². The van der Waals surface area contributed by atoms with Gasteiger partial charge >= 0.3 is 0 Å². The van der Waals surface area contributed by atoms with Crippen molar-refractivity contribution in [3.8, 4) is 5.75 Å². The molecule has 1 aliphatic heterocycles. The fourth-order valence-electron chi connectivity index (χ4n) is 2.69. The monoisotopic (exact) mass is 355 g/mol. The number of hydrogen-bond donors (Lipinski definition) is 0. The van der Waals surface area contributed by atoms with Crippen LogP contribution in [0.5, 0.6) is 5.75 Å². The summed E-state index contributed by atoms with van der Waals surface area (Å²) < 4.78 is 32.0. The quantitative estimate of drug-likeness (QED) is 0.624. The van der Waals surface area contributed by atoms with E-state index in [0.29, 0.717) is 11.3 Å². The maximum atomic E-state index is 12.9. The minimum atomic E-state index is -3.81. The maximum Gasteiger partial charge on any atom is 0.265 e. The van der Waals surface area contributed by atoms with Crippen LogP contribution >= 0.6 is 0 Å². The molecule has 0 atom stereocenters. The smallest absolute Gasteiger partial charge is 0.265 e. The Hall–Kier alpha value is -2.86. The molecule has 128 valence electrons. The van der Waals surface area contributed by atoms with Crippen LogP contribution in [0.3, 0.4) is 0 Å². The Morgan fingerprint density at radius 3 is 2.44 bits per heavy atom. The Morgan fingerprint density at radius 1 is 1.12 bits per heavy atom. The Morgan fingerprint density at radius 2 is 1.80 bits per heavy atom. The van der Waals surface area contributed by atoms with Crippen LogP contribution in [0.1, 0.15) is 15.9 Å². The van der Waals surface area contributed by atoms with E-state index in [4.69, 9.17) is 4.74 Å². The Labute approximate surface area is 146 Å². The number of sulfonamides is 1. The summed E-state index contributed by atoms with van der Waals surface area (Å²) in [6, 6.07) is 13.3. The van der Waals surface area contributed by atoms with Crippen molar-refractivity contribution in [2.75, 3.05) is 13.7 Å². The standard InChI is InChI=1S/C19H17NO4S/c1-3-12-20-17(13-14-8-10-15(24-2)11-9-14)19(21)16-6-4-5-7-18(16)25(20,22)23/h3-11,13H,1,12H2,2H3/b17-13+. The highest BCUT2D eigenvalue weighted by Crippen LogP contribution is 2.33. The fraction of sp³-hybridized carbons (Fsp3) is 0.105. The lowest BCUT2D eigenvalue weighted by Gasteiger charge is -2.30. The highest BCUT2D eigenvalue weighted by Gasteiger charge is 2.38. The minimum absolute atomic E-state index is 0.0182. The van der Waals surface area contributed by atoms with Crippen molar-refractivity contribution in [1.82, 2.24) is 4.31 Å². The maximum absolute atomic E-state index is 12.9. The van der Waals surface area contributed by atoms with E-state index >= 15 is 0 Å². The number of ketones is 1. The average Bonchev–Trinajstić information content (AvgIpc) is 2.63. The second kappa shape index (κ2) is 6.57. The van der Waals surface area contributed by atoms with E-state index in [1.54, 1.807) is 49.6 Å². The molecule has 0 aliphatic carbocycles. The molecule has 6 heteroatoms. The van der Waals surface area contributed by atoms with Crippen molar-refractivity contribution < 1.29 is 17.9 Å². The van der Waals surface area contributed by atoms with Crippen LogP contribution in [0.4, 0.5) is 0 Å². The van der Waals surface area contributed by atoms with Crippen molar-refractivity contribution in [1.29, 1.82) is 0 Å². The van der Waals surface area contributed by atoms with E-state index in [2.05, 4.69) is 6.58 Å². The molecule has 1 heterocycles. The highest BCUT2D eigenvalue weighted by molar-refractivity contribution is 7.89. The van der Waals surface area contributed by atoms with Gasteiger partial charge in [-0.1, -0.05) is 30.3 Å². The Kier molecular flexibility index (Phi) is 4.46. The van der Waals surface area contributed by atoms with E-state index in [0.717, 1.165) is 4.31 Å². The summed E-state index contributed by atoms with van der Waals surface area (Å²) in [6.45, 7) is 3.62. The summed E-state index contributed by atoms with van der Waals surface area (Å²) in [7, 11) is -2.25. The first-order valence-electron chi connectivity index (χ1n) is 7.62. The number of allylic oxidation sites excluding steroid dienone is 1. The predicted molar refractivity (Wildman–Crippen MR) is 95.8 cm³/mol. The van der Waals surface area contributed by atoms with E-state index < -0.39 is 10.0 Å². The van der Waals surface area contributed by atoms with Gasteiger partial charge in [-0.3, -0.25) is 9.10 Å². The molecule has 0 fully saturated rings. The third-order valence-electron chi connectivity index (χ3n) is 3.92. The van der Waals surface area contributed by atoms with Crippen molar-refractivity contribution in [2.45, 2.75) is 4.90 Å². The molecule has 5 nitrogen and oxygen atoms in total. The van der Waals surface area contributed by atoms with Gasteiger partial charge in [-0.15, -0.1) is 6.58 Å². The fourth-order valence-corrected chi connectivity index (χ4v) is 4.31. The van der Waals surface area contributed by atoms with Gasteiger partial charge in [-0.2, -0.15) is 0 Å². The first-order valence-corrected chi connectivity index (χ1v) is 9.06. The molecule has 1 aliphatic rings. The summed E-state index contributed by atoms with van der Waals surface area (Å²) in [5.41, 5.74) is 0.985. The summed E-state index contributed by atoms with van der Waals surface area (Å²) in [4.78, 5) is 12.9. The molecule has 0 spiro atoms. The summed E-state index contributed by atoms with van der Waals surface area (Å²) in [5.74, 6) is 0.348. The highest BCUT2D eigenvalue weighted by atomic mass is 32.2. The molecule has 0 radical (unpaired) electrons. The molecule has 0 bridgehead atoms. The average molecular weight is 355 g/mol. The van der Waals surface area contributed by atoms with E-state index in [1.807, 2.05) is 0 Å². The van der Waals surface area contributed by atoms with Crippen molar-refractivity contribution in [2.24, 2.45) is 0 Å². The molecule has 2 aromatic rings. The number of carbonyl (C=O) groups is 1. The molecule has 25 heavy (non-hydrogen) atoms. The zero-order chi connectivity index (χ0) is 18.0. The van der Waals surface area contributed by atoms with Gasteiger partial charge in [0, 0.05) is 5.56 Å². The number of fused-ring (bicyclic) bond motifs is 1. The number of benzene rings is 2. The van der Waals surface area contributed by atoms with Crippen LogP contribution in [0.15, 0.2) is 71.8 Å². The van der Waals surface area contributed by atoms with Crippen LogP contribution in [0, 0.1) is 0 Å². The molecule has 3 rings (SSSR count). The van der Waals surface area contributed by atoms with Gasteiger partial charge in [0.05, 0.1) is 18.6 Å². The van der Waals surface area contributed by atoms with Crippen LogP contribution in [0.25, 0.3) is 6.08 Å². The van der Waals surface area contributed by atoms with Crippen molar-refractivity contribution in [3.05, 3.63) is 78.0 Å². The second-order valence-electron chi connectivity index (χ2n) is 5.45. The van der Waals surface area contributed by atoms with Crippen LogP contribution < -0.4 is 4.74 Å². The second-order valence-corrected chi connectivity index (χ2v) is 7.28. The third-order valence-corrected chi connectivity index (χ3v) is 5.75. The van der Waals surface area contributed by atoms with Gasteiger partial charge in [-0.25, -0.2) is 8.42 Å². The topological polar surface area (TPSA) is 63.7 Å². The largest absolute Gasteiger partial charge is 0.497 e. The summed E-state index contributed by atoms with van der Waals surface area (Å²) in [5, 5.41) is 0. The van der Waals surface area contributed by atoms with Crippen LogP contribution in [0.2, 0.25) is 0 Å². The number of rotatable bonds is 4. The van der Waals surface area contributed by atoms with Gasteiger partial charge in [-0.05, 0) is 35.9 Å². The molecule has 0 aromatic heterocycles. The molecule has 0 unspecified atom stereocenters. The molecule has 0 N–H and O–H groups in total. The van der Waals surface area contributed by atoms with E-state index in [1.165, 1.54) is 18.2 Å². The van der Waals surface area contributed by atoms with Crippen LogP contribution in [-0.4, -0.2) is 32.2 Å². The molecule has 0 saturated carbocycles. The SMILES string of the molecule is C=CCN1/C(=C/c2ccc(OC)cc2)C(=O)c2ccccc2S1(=O)=O. The molecular weight excluding hydrogens is 338 g/mol. The van der Waals surface area contributed by atoms with E-state index in [9.17, 15) is 13.2 Å². The third kappa shape index (κ3) is 2.96. The Bertz CT molecular complexity index is 959. The first kappa shape index (κ1) is 17.0. The first-order chi connectivity index (χ1) is 12.0. The van der Waals surface area contributed by atoms with Crippen molar-refractivity contribution in [3.63, 3.8) is 0 Å². The molecule has 0 amide bonds. The van der Waals surface area contributed by atoms with Crippen LogP contribution in [-0.2, 0) is 10.0 Å². The summed E-state index contributed by atoms with van der Waals surface area (Å²) >= 11 is 0. The Balaban J connectivity index is 2.17.